The number of carbonyl (C=O) groups is 1. The fourth-order valence-electron chi connectivity index (χ4n) is 2.54. The number of aromatic nitrogens is 2. The lowest BCUT2D eigenvalue weighted by Gasteiger charge is -2.14. The number of hydrogen-bond donors (Lipinski definition) is 2. The molecule has 1 aromatic heterocycles. The highest BCUT2D eigenvalue weighted by molar-refractivity contribution is 5.92. The Morgan fingerprint density at radius 1 is 1.35 bits per heavy atom. The van der Waals surface area contributed by atoms with Gasteiger partial charge in [0.05, 0.1) is 6.04 Å². The fourth-order valence-corrected chi connectivity index (χ4v) is 2.54. The van der Waals surface area contributed by atoms with Crippen molar-refractivity contribution in [3.63, 3.8) is 0 Å². The van der Waals surface area contributed by atoms with Gasteiger partial charge in [-0.15, -0.1) is 0 Å². The van der Waals surface area contributed by atoms with Crippen LogP contribution >= 0.6 is 0 Å². The van der Waals surface area contributed by atoms with E-state index in [0.29, 0.717) is 11.7 Å². The van der Waals surface area contributed by atoms with E-state index in [2.05, 4.69) is 34.3 Å². The van der Waals surface area contributed by atoms with Gasteiger partial charge in [0, 0.05) is 12.0 Å². The Bertz CT molecular complexity index is 761. The minimum atomic E-state index is -0.315. The van der Waals surface area contributed by atoms with Crippen molar-refractivity contribution in [2.24, 2.45) is 0 Å². The third-order valence-corrected chi connectivity index (χ3v) is 4.19. The molecular weight excluding hydrogens is 290 g/mol. The highest BCUT2D eigenvalue weighted by Crippen LogP contribution is 2.37. The maximum absolute atomic E-state index is 12.4. The van der Waals surface area contributed by atoms with Crippen molar-refractivity contribution in [2.45, 2.75) is 45.1 Å². The Kier molecular flexibility index (Phi) is 4.28. The van der Waals surface area contributed by atoms with E-state index in [0.717, 1.165) is 24.8 Å². The maximum atomic E-state index is 12.4. The number of aryl methyl sites for hydroxylation is 1. The average Bonchev–Trinajstić information content (AvgIpc) is 3.39. The van der Waals surface area contributed by atoms with E-state index in [1.165, 1.54) is 11.6 Å². The number of benzene rings is 1. The first-order valence-electron chi connectivity index (χ1n) is 8.07. The second kappa shape index (κ2) is 6.36. The highest BCUT2D eigenvalue weighted by atomic mass is 16.2. The van der Waals surface area contributed by atoms with Crippen molar-refractivity contribution < 1.29 is 4.79 Å². The van der Waals surface area contributed by atoms with Crippen LogP contribution in [-0.2, 0) is 6.42 Å². The van der Waals surface area contributed by atoms with Crippen LogP contribution in [0.3, 0.4) is 0 Å². The predicted octanol–water partition coefficient (Wildman–Crippen LogP) is 2.70. The van der Waals surface area contributed by atoms with Gasteiger partial charge in [-0.3, -0.25) is 9.59 Å². The van der Waals surface area contributed by atoms with Gasteiger partial charge in [-0.25, -0.2) is 4.98 Å². The molecule has 0 aliphatic heterocycles. The minimum Gasteiger partial charge on any atom is -0.344 e. The lowest BCUT2D eigenvalue weighted by Crippen LogP contribution is -2.29. The summed E-state index contributed by atoms with van der Waals surface area (Å²) in [6, 6.07) is 9.28. The molecule has 1 amide bonds. The van der Waals surface area contributed by atoms with Gasteiger partial charge in [0.1, 0.15) is 11.5 Å². The molecular formula is C18H21N3O2. The molecule has 0 radical (unpaired) electrons. The van der Waals surface area contributed by atoms with Gasteiger partial charge in [0.15, 0.2) is 0 Å². The normalized spacial score (nSPS) is 15.2. The summed E-state index contributed by atoms with van der Waals surface area (Å²) >= 11 is 0. The summed E-state index contributed by atoms with van der Waals surface area (Å²) in [7, 11) is 0. The lowest BCUT2D eigenvalue weighted by atomic mass is 10.0. The molecule has 2 N–H and O–H groups in total. The van der Waals surface area contributed by atoms with Crippen LogP contribution in [0, 0.1) is 0 Å². The van der Waals surface area contributed by atoms with Gasteiger partial charge in [0.25, 0.3) is 11.5 Å². The molecule has 3 rings (SSSR count). The quantitative estimate of drug-likeness (QED) is 0.891. The molecule has 2 aromatic rings. The van der Waals surface area contributed by atoms with Gasteiger partial charge < -0.3 is 10.3 Å². The molecule has 5 nitrogen and oxygen atoms in total. The first-order chi connectivity index (χ1) is 11.1. The number of rotatable bonds is 5. The number of hydrogen-bond acceptors (Lipinski definition) is 3. The van der Waals surface area contributed by atoms with Gasteiger partial charge in [-0.05, 0) is 37.3 Å². The van der Waals surface area contributed by atoms with Gasteiger partial charge in [0.2, 0.25) is 0 Å². The monoisotopic (exact) mass is 311 g/mol. The topological polar surface area (TPSA) is 74.8 Å². The molecule has 1 aliphatic rings. The largest absolute Gasteiger partial charge is 0.344 e. The summed E-state index contributed by atoms with van der Waals surface area (Å²) in [5.41, 5.74) is 2.21. The number of nitrogens with zero attached hydrogens (tertiary/aromatic N) is 1. The number of H-pyrrole nitrogens is 1. The number of aromatic amines is 1. The van der Waals surface area contributed by atoms with Crippen LogP contribution in [0.4, 0.5) is 0 Å². The van der Waals surface area contributed by atoms with E-state index in [1.807, 2.05) is 19.1 Å². The van der Waals surface area contributed by atoms with Gasteiger partial charge in [-0.2, -0.15) is 0 Å². The Labute approximate surface area is 135 Å². The second-order valence-electron chi connectivity index (χ2n) is 6.08. The summed E-state index contributed by atoms with van der Waals surface area (Å²) in [5, 5.41) is 2.91. The van der Waals surface area contributed by atoms with Crippen LogP contribution in [0.1, 0.15) is 66.1 Å². The summed E-state index contributed by atoms with van der Waals surface area (Å²) in [5.74, 6) is 0.613. The number of nitrogens with one attached hydrogen (secondary N) is 2. The smallest absolute Gasteiger partial charge is 0.270 e. The van der Waals surface area contributed by atoms with E-state index in [9.17, 15) is 9.59 Å². The van der Waals surface area contributed by atoms with Crippen LogP contribution in [0.15, 0.2) is 35.1 Å². The SMILES string of the molecule is CCc1ccc(C(C)NC(=O)c2cc(=O)[nH]c(C3CC3)n2)cc1. The molecule has 1 unspecified atom stereocenters. The molecule has 1 saturated carbocycles. The van der Waals surface area contributed by atoms with E-state index >= 15 is 0 Å². The lowest BCUT2D eigenvalue weighted by molar-refractivity contribution is 0.0934. The molecule has 0 bridgehead atoms. The standard InChI is InChI=1S/C18H21N3O2/c1-3-12-4-6-13(7-5-12)11(2)19-18(23)15-10-16(22)21-17(20-15)14-8-9-14/h4-7,10-11,14H,3,8-9H2,1-2H3,(H,19,23)(H,20,21,22). The Balaban J connectivity index is 1.74. The first-order valence-corrected chi connectivity index (χ1v) is 8.07. The minimum absolute atomic E-state index is 0.140. The fraction of sp³-hybridized carbons (Fsp3) is 0.389. The average molecular weight is 311 g/mol. The molecule has 0 spiro atoms. The van der Waals surface area contributed by atoms with Crippen LogP contribution in [0.5, 0.6) is 0 Å². The molecule has 1 atom stereocenters. The zero-order chi connectivity index (χ0) is 16.4. The van der Waals surface area contributed by atoms with E-state index in [-0.39, 0.29) is 23.2 Å². The summed E-state index contributed by atoms with van der Waals surface area (Å²) in [6.07, 6.45) is 3.03. The third-order valence-electron chi connectivity index (χ3n) is 4.19. The maximum Gasteiger partial charge on any atom is 0.270 e. The van der Waals surface area contributed by atoms with Crippen molar-refractivity contribution >= 4 is 5.91 Å². The van der Waals surface area contributed by atoms with E-state index in [1.54, 1.807) is 0 Å². The van der Waals surface area contributed by atoms with Crippen LogP contribution in [-0.4, -0.2) is 15.9 Å². The van der Waals surface area contributed by atoms with Gasteiger partial charge >= 0.3 is 0 Å². The van der Waals surface area contributed by atoms with Crippen molar-refractivity contribution in [1.29, 1.82) is 0 Å². The summed E-state index contributed by atoms with van der Waals surface area (Å²) in [4.78, 5) is 31.1. The molecule has 23 heavy (non-hydrogen) atoms. The zero-order valence-corrected chi connectivity index (χ0v) is 13.4. The van der Waals surface area contributed by atoms with Crippen molar-refractivity contribution in [2.75, 3.05) is 0 Å². The third kappa shape index (κ3) is 3.67. The molecule has 1 aromatic carbocycles. The Morgan fingerprint density at radius 3 is 2.65 bits per heavy atom. The number of amides is 1. The van der Waals surface area contributed by atoms with Crippen LogP contribution in [0.2, 0.25) is 0 Å². The molecule has 0 saturated heterocycles. The first kappa shape index (κ1) is 15.5. The van der Waals surface area contributed by atoms with Crippen LogP contribution in [0.25, 0.3) is 0 Å². The highest BCUT2D eigenvalue weighted by Gasteiger charge is 2.27. The molecule has 1 heterocycles. The Hall–Kier alpha value is -2.43. The Morgan fingerprint density at radius 2 is 2.04 bits per heavy atom. The molecule has 120 valence electrons. The number of carbonyl (C=O) groups excluding carboxylic acids is 1. The summed E-state index contributed by atoms with van der Waals surface area (Å²) in [6.45, 7) is 4.03. The van der Waals surface area contributed by atoms with E-state index in [4.69, 9.17) is 0 Å². The molecule has 1 aliphatic carbocycles. The predicted molar refractivity (Wildman–Crippen MR) is 88.5 cm³/mol. The summed E-state index contributed by atoms with van der Waals surface area (Å²) < 4.78 is 0. The van der Waals surface area contributed by atoms with Crippen molar-refractivity contribution in [1.82, 2.24) is 15.3 Å². The molecule has 5 heteroatoms. The second-order valence-corrected chi connectivity index (χ2v) is 6.08. The van der Waals surface area contributed by atoms with Crippen LogP contribution < -0.4 is 10.9 Å². The van der Waals surface area contributed by atoms with Crippen molar-refractivity contribution in [3.8, 4) is 0 Å². The zero-order valence-electron chi connectivity index (χ0n) is 13.4. The van der Waals surface area contributed by atoms with Crippen molar-refractivity contribution in [3.05, 3.63) is 63.3 Å². The van der Waals surface area contributed by atoms with Gasteiger partial charge in [-0.1, -0.05) is 31.2 Å². The van der Waals surface area contributed by atoms with E-state index < -0.39 is 0 Å². The molecule has 1 fully saturated rings.